The first-order chi connectivity index (χ1) is 9.56. The number of hydrogen-bond donors (Lipinski definition) is 1. The van der Waals surface area contributed by atoms with Gasteiger partial charge in [-0.05, 0) is 24.6 Å². The molecule has 0 radical (unpaired) electrons. The third-order valence-corrected chi connectivity index (χ3v) is 3.35. The maximum Gasteiger partial charge on any atom is 0.299 e. The Bertz CT molecular complexity index is 925. The summed E-state index contributed by atoms with van der Waals surface area (Å²) in [7, 11) is 0. The van der Waals surface area contributed by atoms with Crippen LogP contribution in [0.5, 0.6) is 0 Å². The average molecular weight is 287 g/mol. The van der Waals surface area contributed by atoms with Crippen molar-refractivity contribution in [1.29, 1.82) is 0 Å². The Morgan fingerprint density at radius 3 is 2.85 bits per heavy atom. The van der Waals surface area contributed by atoms with Gasteiger partial charge in [0.15, 0.2) is 0 Å². The summed E-state index contributed by atoms with van der Waals surface area (Å²) in [6.45, 7) is 5.64. The van der Waals surface area contributed by atoms with Crippen molar-refractivity contribution >= 4 is 24.3 Å². The second kappa shape index (κ2) is 4.61. The number of rotatable bonds is 1. The molecule has 0 bridgehead atoms. The molecular weight excluding hydrogens is 276 g/mol. The fourth-order valence-corrected chi connectivity index (χ4v) is 2.08. The smallest absolute Gasteiger partial charge is 0.290 e. The molecule has 2 aliphatic heterocycles. The average Bonchev–Trinajstić information content (AvgIpc) is 2.69. The van der Waals surface area contributed by atoms with E-state index in [-0.39, 0.29) is 5.56 Å². The standard InChI is InChI=1S/C14H11ClN4O/c1-8-9(2)18-19-12(13(20)17-14(19)16-8)7-10-5-3-4-6-11(10)15/h3-7,18H,2H2,1H3/b12-7+. The van der Waals surface area contributed by atoms with Gasteiger partial charge in [0.25, 0.3) is 11.5 Å². The van der Waals surface area contributed by atoms with Crippen LogP contribution in [0.1, 0.15) is 11.3 Å². The van der Waals surface area contributed by atoms with Gasteiger partial charge in [0.2, 0.25) is 0 Å². The highest BCUT2D eigenvalue weighted by molar-refractivity contribution is 6.32. The van der Waals surface area contributed by atoms with Crippen molar-refractivity contribution in [2.24, 2.45) is 0 Å². The molecule has 0 saturated carbocycles. The molecule has 0 amide bonds. The number of H-pyrrole nitrogens is 1. The van der Waals surface area contributed by atoms with Gasteiger partial charge in [-0.15, -0.1) is 0 Å². The van der Waals surface area contributed by atoms with Crippen molar-refractivity contribution in [2.45, 2.75) is 6.92 Å². The van der Waals surface area contributed by atoms with Crippen LogP contribution in [0.25, 0.3) is 18.6 Å². The number of imidazole rings is 1. The molecule has 0 aliphatic carbocycles. The summed E-state index contributed by atoms with van der Waals surface area (Å²) in [4.78, 5) is 20.1. The molecule has 100 valence electrons. The lowest BCUT2D eigenvalue weighted by atomic mass is 10.2. The number of nitrogens with zero attached hydrogens (tertiary/aromatic N) is 3. The molecule has 0 saturated heterocycles. The molecule has 2 heterocycles. The quantitative estimate of drug-likeness (QED) is 0.712. The topological polar surface area (TPSA) is 63.6 Å². The molecule has 1 aromatic rings. The zero-order chi connectivity index (χ0) is 14.3. The van der Waals surface area contributed by atoms with Gasteiger partial charge in [0, 0.05) is 5.02 Å². The van der Waals surface area contributed by atoms with Crippen LogP contribution in [-0.4, -0.2) is 19.7 Å². The van der Waals surface area contributed by atoms with Crippen LogP contribution in [0.4, 0.5) is 0 Å². The minimum absolute atomic E-state index is 0.318. The van der Waals surface area contributed by atoms with Gasteiger partial charge in [0.1, 0.15) is 5.35 Å². The lowest BCUT2D eigenvalue weighted by Gasteiger charge is -2.03. The zero-order valence-electron chi connectivity index (χ0n) is 10.7. The molecule has 5 nitrogen and oxygen atoms in total. The van der Waals surface area contributed by atoms with E-state index in [2.05, 4.69) is 21.6 Å². The summed E-state index contributed by atoms with van der Waals surface area (Å²) in [6.07, 6.45) is 1.68. The Morgan fingerprint density at radius 2 is 2.10 bits per heavy atom. The van der Waals surface area contributed by atoms with Crippen molar-refractivity contribution < 1.29 is 0 Å². The van der Waals surface area contributed by atoms with Crippen LogP contribution >= 0.6 is 11.6 Å². The zero-order valence-corrected chi connectivity index (χ0v) is 11.5. The van der Waals surface area contributed by atoms with Crippen molar-refractivity contribution in [3.63, 3.8) is 0 Å². The van der Waals surface area contributed by atoms with Gasteiger partial charge < -0.3 is 0 Å². The van der Waals surface area contributed by atoms with Gasteiger partial charge in [0.05, 0.1) is 11.0 Å². The normalized spacial score (nSPS) is 12.2. The summed E-state index contributed by atoms with van der Waals surface area (Å²) < 4.78 is 1.51. The van der Waals surface area contributed by atoms with Gasteiger partial charge in [-0.25, -0.2) is 9.67 Å². The summed E-state index contributed by atoms with van der Waals surface area (Å²) in [5.41, 5.74) is 1.08. The van der Waals surface area contributed by atoms with Crippen molar-refractivity contribution in [1.82, 2.24) is 19.7 Å². The van der Waals surface area contributed by atoms with E-state index in [9.17, 15) is 4.79 Å². The van der Waals surface area contributed by atoms with E-state index >= 15 is 0 Å². The van der Waals surface area contributed by atoms with Crippen LogP contribution in [-0.2, 0) is 0 Å². The first kappa shape index (κ1) is 12.6. The fraction of sp³-hybridized carbons (Fsp3) is 0.0714. The number of halogens is 1. The Kier molecular flexibility index (Phi) is 2.91. The number of hydrogen-bond acceptors (Lipinski definition) is 3. The first-order valence-corrected chi connectivity index (χ1v) is 6.34. The third kappa shape index (κ3) is 2.02. The summed E-state index contributed by atoms with van der Waals surface area (Å²) in [6, 6.07) is 7.27. The molecule has 0 aromatic heterocycles. The van der Waals surface area contributed by atoms with E-state index in [4.69, 9.17) is 11.6 Å². The van der Waals surface area contributed by atoms with Gasteiger partial charge in [-0.2, -0.15) is 4.98 Å². The van der Waals surface area contributed by atoms with E-state index in [1.165, 1.54) is 4.68 Å². The van der Waals surface area contributed by atoms with Crippen LogP contribution < -0.4 is 16.3 Å². The first-order valence-electron chi connectivity index (χ1n) is 5.97. The number of fused-ring (bicyclic) bond motifs is 1. The van der Waals surface area contributed by atoms with E-state index in [0.717, 1.165) is 5.56 Å². The molecule has 0 unspecified atom stereocenters. The molecular formula is C14H11ClN4O. The van der Waals surface area contributed by atoms with Gasteiger partial charge in [-0.3, -0.25) is 9.89 Å². The van der Waals surface area contributed by atoms with Gasteiger partial charge in [-0.1, -0.05) is 36.4 Å². The monoisotopic (exact) mass is 286 g/mol. The van der Waals surface area contributed by atoms with Crippen molar-refractivity contribution in [3.05, 3.63) is 61.6 Å². The predicted octanol–water partition coefficient (Wildman–Crippen LogP) is 0.594. The number of aromatic amines is 1. The molecule has 3 rings (SSSR count). The van der Waals surface area contributed by atoms with Crippen LogP contribution in [0.3, 0.4) is 0 Å². The highest BCUT2D eigenvalue weighted by Crippen LogP contribution is 2.14. The molecule has 20 heavy (non-hydrogen) atoms. The number of aryl methyl sites for hydroxylation is 1. The molecule has 0 spiro atoms. The highest BCUT2D eigenvalue weighted by Gasteiger charge is 2.11. The summed E-state index contributed by atoms with van der Waals surface area (Å²) in [5, 5.41) is 4.55. The maximum atomic E-state index is 12.0. The Morgan fingerprint density at radius 1 is 1.35 bits per heavy atom. The van der Waals surface area contributed by atoms with E-state index in [0.29, 0.717) is 27.4 Å². The van der Waals surface area contributed by atoms with Crippen molar-refractivity contribution in [2.75, 3.05) is 0 Å². The third-order valence-electron chi connectivity index (χ3n) is 3.01. The lowest BCUT2D eigenvalue weighted by Crippen LogP contribution is -2.32. The highest BCUT2D eigenvalue weighted by atomic mass is 35.5. The lowest BCUT2D eigenvalue weighted by molar-refractivity contribution is 0.746. The van der Waals surface area contributed by atoms with E-state index in [1.54, 1.807) is 19.1 Å². The van der Waals surface area contributed by atoms with Crippen LogP contribution in [0, 0.1) is 6.92 Å². The molecule has 1 N–H and O–H groups in total. The minimum atomic E-state index is -0.362. The molecule has 0 fully saturated rings. The Labute approximate surface area is 119 Å². The Hall–Kier alpha value is -2.40. The molecule has 1 aromatic carbocycles. The molecule has 6 heteroatoms. The van der Waals surface area contributed by atoms with E-state index in [1.807, 2.05) is 18.2 Å². The number of nitrogens with one attached hydrogen (secondary N) is 1. The minimum Gasteiger partial charge on any atom is -0.290 e. The molecule has 2 aliphatic rings. The second-order valence-corrected chi connectivity index (χ2v) is 4.80. The van der Waals surface area contributed by atoms with Gasteiger partial charge >= 0.3 is 0 Å². The number of benzene rings is 1. The SMILES string of the molecule is C=c1[nH]n2/c(=C/c3ccccc3Cl)c(=O)nc-2nc1C. The van der Waals surface area contributed by atoms with Crippen LogP contribution in [0.2, 0.25) is 5.02 Å². The Balaban J connectivity index is 2.36. The molecule has 0 atom stereocenters. The van der Waals surface area contributed by atoms with E-state index < -0.39 is 0 Å². The van der Waals surface area contributed by atoms with Crippen molar-refractivity contribution in [3.8, 4) is 5.95 Å². The largest absolute Gasteiger partial charge is 0.299 e. The summed E-state index contributed by atoms with van der Waals surface area (Å²) >= 11 is 6.10. The second-order valence-electron chi connectivity index (χ2n) is 4.39. The number of aromatic nitrogens is 4. The predicted molar refractivity (Wildman–Crippen MR) is 77.7 cm³/mol. The summed E-state index contributed by atoms with van der Waals surface area (Å²) in [5.74, 6) is 0.318. The van der Waals surface area contributed by atoms with Crippen LogP contribution in [0.15, 0.2) is 29.1 Å². The fourth-order valence-electron chi connectivity index (χ4n) is 1.89. The maximum absolute atomic E-state index is 12.0.